The lowest BCUT2D eigenvalue weighted by atomic mass is 10.1. The molecule has 1 fully saturated rings. The summed E-state index contributed by atoms with van der Waals surface area (Å²) < 4.78 is 0. The molecule has 1 aromatic carbocycles. The maximum Gasteiger partial charge on any atom is 0.261 e. The Kier molecular flexibility index (Phi) is 5.02. The number of aromatic nitrogens is 1. The van der Waals surface area contributed by atoms with Crippen molar-refractivity contribution >= 4 is 39.6 Å². The Labute approximate surface area is 161 Å². The minimum atomic E-state index is -0.196. The van der Waals surface area contributed by atoms with E-state index in [1.807, 2.05) is 40.9 Å². The fraction of sp³-hybridized carbons (Fsp3) is 0.250. The van der Waals surface area contributed by atoms with Crippen LogP contribution in [-0.4, -0.2) is 54.4 Å². The molecule has 1 N–H and O–H groups in total. The van der Waals surface area contributed by atoms with Crippen LogP contribution in [0.4, 0.5) is 5.69 Å². The number of thiophene rings is 1. The Morgan fingerprint density at radius 2 is 1.85 bits per heavy atom. The number of nitrogens with one attached hydrogen (secondary N) is 1. The number of hydrogen-bond acceptors (Lipinski definition) is 5. The molecule has 2 amide bonds. The van der Waals surface area contributed by atoms with Gasteiger partial charge in [-0.25, -0.2) is 0 Å². The molecule has 0 unspecified atom stereocenters. The fourth-order valence-corrected chi connectivity index (χ4v) is 3.95. The third-order valence-electron chi connectivity index (χ3n) is 4.77. The van der Waals surface area contributed by atoms with E-state index in [0.717, 1.165) is 24.2 Å². The predicted octanol–water partition coefficient (Wildman–Crippen LogP) is 2.37. The van der Waals surface area contributed by atoms with Crippen molar-refractivity contribution in [3.63, 3.8) is 0 Å². The maximum absolute atomic E-state index is 12.4. The summed E-state index contributed by atoms with van der Waals surface area (Å²) >= 11 is 1.37. The van der Waals surface area contributed by atoms with E-state index in [9.17, 15) is 9.59 Å². The second-order valence-electron chi connectivity index (χ2n) is 6.41. The lowest BCUT2D eigenvalue weighted by molar-refractivity contribution is -0.130. The van der Waals surface area contributed by atoms with Gasteiger partial charge in [-0.05, 0) is 11.4 Å². The fourth-order valence-electron chi connectivity index (χ4n) is 3.31. The van der Waals surface area contributed by atoms with Crippen LogP contribution in [0.2, 0.25) is 0 Å². The zero-order valence-corrected chi connectivity index (χ0v) is 15.6. The Morgan fingerprint density at radius 3 is 2.63 bits per heavy atom. The number of hydrogen-bond donors (Lipinski definition) is 1. The van der Waals surface area contributed by atoms with Crippen LogP contribution in [0.25, 0.3) is 10.8 Å². The highest BCUT2D eigenvalue weighted by Crippen LogP contribution is 2.26. The van der Waals surface area contributed by atoms with E-state index in [2.05, 4.69) is 27.3 Å². The minimum Gasteiger partial charge on any atom is -0.366 e. The average Bonchev–Trinajstić information content (AvgIpc) is 3.26. The second-order valence-corrected chi connectivity index (χ2v) is 7.36. The molecule has 0 bridgehead atoms. The van der Waals surface area contributed by atoms with Gasteiger partial charge in [-0.3, -0.25) is 14.6 Å². The average molecular weight is 380 g/mol. The van der Waals surface area contributed by atoms with Crippen LogP contribution >= 0.6 is 11.3 Å². The van der Waals surface area contributed by atoms with Crippen LogP contribution in [-0.2, 0) is 4.79 Å². The van der Waals surface area contributed by atoms with Crippen LogP contribution in [0.3, 0.4) is 0 Å². The second kappa shape index (κ2) is 7.75. The number of amides is 2. The summed E-state index contributed by atoms with van der Waals surface area (Å²) in [6.45, 7) is 2.81. The molecule has 7 heteroatoms. The van der Waals surface area contributed by atoms with E-state index in [-0.39, 0.29) is 18.4 Å². The van der Waals surface area contributed by atoms with Gasteiger partial charge in [0.25, 0.3) is 5.91 Å². The van der Waals surface area contributed by atoms with E-state index in [1.165, 1.54) is 16.7 Å². The predicted molar refractivity (Wildman–Crippen MR) is 107 cm³/mol. The summed E-state index contributed by atoms with van der Waals surface area (Å²) in [5.74, 6) is -0.241. The third kappa shape index (κ3) is 3.78. The number of fused-ring (bicyclic) bond motifs is 1. The van der Waals surface area contributed by atoms with Crippen LogP contribution in [0.5, 0.6) is 0 Å². The van der Waals surface area contributed by atoms with E-state index >= 15 is 0 Å². The standard InChI is InChI=1S/C20H20N4O2S/c25-19(14-22-20(26)18-6-3-11-27-18)24-9-7-23(8-10-24)17-13-21-12-15-4-1-2-5-16(15)17/h1-6,11-13H,7-10,14H2,(H,22,26). The van der Waals surface area contributed by atoms with Crippen molar-refractivity contribution in [2.24, 2.45) is 0 Å². The number of nitrogens with zero attached hydrogens (tertiary/aromatic N) is 3. The Bertz CT molecular complexity index is 944. The maximum atomic E-state index is 12.4. The van der Waals surface area contributed by atoms with Gasteiger partial charge in [-0.15, -0.1) is 11.3 Å². The van der Waals surface area contributed by atoms with Gasteiger partial charge in [0.2, 0.25) is 5.91 Å². The Hall–Kier alpha value is -2.93. The molecule has 1 saturated heterocycles. The molecule has 0 saturated carbocycles. The van der Waals surface area contributed by atoms with Gasteiger partial charge in [0.1, 0.15) is 0 Å². The summed E-state index contributed by atoms with van der Waals surface area (Å²) in [7, 11) is 0. The summed E-state index contributed by atoms with van der Waals surface area (Å²) in [5.41, 5.74) is 1.10. The Morgan fingerprint density at radius 1 is 1.04 bits per heavy atom. The van der Waals surface area contributed by atoms with E-state index in [0.29, 0.717) is 18.0 Å². The van der Waals surface area contributed by atoms with Gasteiger partial charge in [0.05, 0.1) is 23.3 Å². The number of anilines is 1. The monoisotopic (exact) mass is 380 g/mol. The molecule has 27 heavy (non-hydrogen) atoms. The van der Waals surface area contributed by atoms with Crippen molar-refractivity contribution in [2.45, 2.75) is 0 Å². The number of carbonyl (C=O) groups is 2. The van der Waals surface area contributed by atoms with E-state index in [1.54, 1.807) is 6.07 Å². The number of rotatable bonds is 4. The van der Waals surface area contributed by atoms with Gasteiger partial charge in [0.15, 0.2) is 0 Å². The molecule has 3 aromatic rings. The summed E-state index contributed by atoms with van der Waals surface area (Å²) in [6.07, 6.45) is 3.76. The summed E-state index contributed by atoms with van der Waals surface area (Å²) in [5, 5.41) is 6.84. The molecule has 0 radical (unpaired) electrons. The van der Waals surface area contributed by atoms with Crippen LogP contribution < -0.4 is 10.2 Å². The van der Waals surface area contributed by atoms with Gasteiger partial charge in [-0.1, -0.05) is 30.3 Å². The van der Waals surface area contributed by atoms with Crippen molar-refractivity contribution in [2.75, 3.05) is 37.6 Å². The molecular weight excluding hydrogens is 360 g/mol. The zero-order valence-electron chi connectivity index (χ0n) is 14.8. The molecule has 1 aliphatic heterocycles. The van der Waals surface area contributed by atoms with Crippen LogP contribution in [0.1, 0.15) is 9.67 Å². The lowest BCUT2D eigenvalue weighted by Crippen LogP contribution is -2.51. The molecule has 4 rings (SSSR count). The minimum absolute atomic E-state index is 0.0343. The van der Waals surface area contributed by atoms with Crippen molar-refractivity contribution < 1.29 is 9.59 Å². The van der Waals surface area contributed by atoms with Crippen LogP contribution in [0.15, 0.2) is 54.2 Å². The highest BCUT2D eigenvalue weighted by Gasteiger charge is 2.22. The molecule has 0 spiro atoms. The SMILES string of the molecule is O=C(NCC(=O)N1CCN(c2cncc3ccccc23)CC1)c1cccs1. The largest absolute Gasteiger partial charge is 0.366 e. The highest BCUT2D eigenvalue weighted by atomic mass is 32.1. The lowest BCUT2D eigenvalue weighted by Gasteiger charge is -2.36. The molecule has 1 aliphatic rings. The van der Waals surface area contributed by atoms with Gasteiger partial charge in [-0.2, -0.15) is 0 Å². The van der Waals surface area contributed by atoms with Crippen LogP contribution in [0, 0.1) is 0 Å². The van der Waals surface area contributed by atoms with Gasteiger partial charge >= 0.3 is 0 Å². The first kappa shape index (κ1) is 17.5. The molecule has 3 heterocycles. The zero-order chi connectivity index (χ0) is 18.6. The highest BCUT2D eigenvalue weighted by molar-refractivity contribution is 7.12. The first-order chi connectivity index (χ1) is 13.2. The summed E-state index contributed by atoms with van der Waals surface area (Å²) in [4.78, 5) is 33.4. The van der Waals surface area contributed by atoms with Crippen molar-refractivity contribution in [1.82, 2.24) is 15.2 Å². The first-order valence-corrected chi connectivity index (χ1v) is 9.77. The molecule has 0 atom stereocenters. The number of pyridine rings is 1. The number of carbonyl (C=O) groups excluding carboxylic acids is 2. The summed E-state index contributed by atoms with van der Waals surface area (Å²) in [6, 6.07) is 11.8. The molecule has 2 aromatic heterocycles. The Balaban J connectivity index is 1.34. The van der Waals surface area contributed by atoms with Crippen molar-refractivity contribution in [1.29, 1.82) is 0 Å². The quantitative estimate of drug-likeness (QED) is 0.755. The van der Waals surface area contributed by atoms with Crippen molar-refractivity contribution in [3.05, 3.63) is 59.0 Å². The molecular formula is C20H20N4O2S. The molecule has 138 valence electrons. The van der Waals surface area contributed by atoms with Crippen molar-refractivity contribution in [3.8, 4) is 0 Å². The third-order valence-corrected chi connectivity index (χ3v) is 5.63. The normalized spacial score (nSPS) is 14.4. The number of piperazine rings is 1. The molecule has 6 nitrogen and oxygen atoms in total. The first-order valence-electron chi connectivity index (χ1n) is 8.89. The van der Waals surface area contributed by atoms with E-state index < -0.39 is 0 Å². The molecule has 0 aliphatic carbocycles. The number of benzene rings is 1. The smallest absolute Gasteiger partial charge is 0.261 e. The van der Waals surface area contributed by atoms with Gasteiger partial charge in [0, 0.05) is 43.1 Å². The van der Waals surface area contributed by atoms with E-state index in [4.69, 9.17) is 0 Å². The topological polar surface area (TPSA) is 65.5 Å². The van der Waals surface area contributed by atoms with Gasteiger partial charge < -0.3 is 15.1 Å².